The van der Waals surface area contributed by atoms with E-state index in [9.17, 15) is 9.59 Å². The molecule has 0 saturated heterocycles. The Morgan fingerprint density at radius 3 is 2.21 bits per heavy atom. The van der Waals surface area contributed by atoms with E-state index in [0.717, 1.165) is 37.0 Å². The van der Waals surface area contributed by atoms with Gasteiger partial charge in [-0.1, -0.05) is 59.1 Å². The lowest BCUT2D eigenvalue weighted by Crippen LogP contribution is -2.42. The van der Waals surface area contributed by atoms with E-state index >= 15 is 0 Å². The molecule has 1 aliphatic heterocycles. The first-order valence-corrected chi connectivity index (χ1v) is 11.3. The van der Waals surface area contributed by atoms with Crippen LogP contribution >= 0.6 is 11.8 Å². The van der Waals surface area contributed by atoms with Crippen LogP contribution in [-0.4, -0.2) is 34.6 Å². The van der Waals surface area contributed by atoms with Crippen molar-refractivity contribution in [3.63, 3.8) is 0 Å². The van der Waals surface area contributed by atoms with Crippen LogP contribution < -0.4 is 4.74 Å². The first kappa shape index (κ1) is 21.0. The average Bonchev–Trinajstić information content (AvgIpc) is 2.90. The minimum atomic E-state index is -0.129. The van der Waals surface area contributed by atoms with Crippen molar-refractivity contribution < 1.29 is 14.3 Å². The summed E-state index contributed by atoms with van der Waals surface area (Å²) in [6.07, 6.45) is 5.22. The topological polar surface area (TPSA) is 46.6 Å². The molecule has 1 fully saturated rings. The van der Waals surface area contributed by atoms with E-state index in [1.807, 2.05) is 24.3 Å². The summed E-state index contributed by atoms with van der Waals surface area (Å²) in [7, 11) is 0. The van der Waals surface area contributed by atoms with Gasteiger partial charge in [-0.2, -0.15) is 0 Å². The van der Waals surface area contributed by atoms with Crippen molar-refractivity contribution in [2.24, 2.45) is 5.92 Å². The van der Waals surface area contributed by atoms with Crippen LogP contribution in [0.15, 0.2) is 29.2 Å². The summed E-state index contributed by atoms with van der Waals surface area (Å²) in [6, 6.07) is 7.64. The molecule has 0 bridgehead atoms. The van der Waals surface area contributed by atoms with Crippen LogP contribution in [0.1, 0.15) is 65.4 Å². The number of nitrogens with zero attached hydrogens (tertiary/aromatic N) is 1. The number of imide groups is 1. The van der Waals surface area contributed by atoms with Crippen LogP contribution in [0.5, 0.6) is 5.75 Å². The van der Waals surface area contributed by atoms with Crippen molar-refractivity contribution in [2.75, 3.05) is 6.61 Å². The van der Waals surface area contributed by atoms with Gasteiger partial charge in [-0.3, -0.25) is 14.5 Å². The fourth-order valence-electron chi connectivity index (χ4n) is 3.78. The monoisotopic (exact) mass is 401 g/mol. The predicted molar refractivity (Wildman–Crippen MR) is 115 cm³/mol. The van der Waals surface area contributed by atoms with Crippen molar-refractivity contribution >= 4 is 29.1 Å². The van der Waals surface area contributed by atoms with Crippen LogP contribution in [0.3, 0.4) is 0 Å². The molecule has 1 aromatic carbocycles. The summed E-state index contributed by atoms with van der Waals surface area (Å²) in [5.74, 6) is 1.01. The van der Waals surface area contributed by atoms with E-state index in [-0.39, 0.29) is 23.1 Å². The molecule has 1 aromatic rings. The molecule has 152 valence electrons. The number of ether oxygens (including phenoxy) is 1. The van der Waals surface area contributed by atoms with Crippen molar-refractivity contribution in [2.45, 2.75) is 71.1 Å². The van der Waals surface area contributed by atoms with E-state index in [2.05, 4.69) is 27.7 Å². The molecule has 1 aliphatic carbocycles. The predicted octanol–water partition coefficient (Wildman–Crippen LogP) is 5.28. The van der Waals surface area contributed by atoms with Gasteiger partial charge >= 0.3 is 0 Å². The van der Waals surface area contributed by atoms with Crippen molar-refractivity contribution in [1.82, 2.24) is 4.90 Å². The number of amides is 2. The van der Waals surface area contributed by atoms with E-state index < -0.39 is 0 Å². The van der Waals surface area contributed by atoms with E-state index in [1.54, 1.807) is 4.90 Å². The Balaban J connectivity index is 1.89. The maximum atomic E-state index is 13.3. The van der Waals surface area contributed by atoms with E-state index in [4.69, 9.17) is 4.74 Å². The van der Waals surface area contributed by atoms with Gasteiger partial charge < -0.3 is 4.74 Å². The van der Waals surface area contributed by atoms with Crippen molar-refractivity contribution in [3.05, 3.63) is 34.7 Å². The number of hydrogen-bond donors (Lipinski definition) is 0. The lowest BCUT2D eigenvalue weighted by Gasteiger charge is -2.30. The molecule has 4 nitrogen and oxygen atoms in total. The molecule has 2 amide bonds. The summed E-state index contributed by atoms with van der Waals surface area (Å²) >= 11 is 1.50. The molecule has 1 saturated carbocycles. The van der Waals surface area contributed by atoms with Gasteiger partial charge in [0.15, 0.2) is 0 Å². The number of thioether (sulfide) groups is 1. The summed E-state index contributed by atoms with van der Waals surface area (Å²) in [4.78, 5) is 28.6. The lowest BCUT2D eigenvalue weighted by atomic mass is 9.94. The molecular weight excluding hydrogens is 370 g/mol. The molecule has 0 atom stereocenters. The maximum absolute atomic E-state index is 13.3. The lowest BCUT2D eigenvalue weighted by molar-refractivity contribution is -0.139. The van der Waals surface area contributed by atoms with Gasteiger partial charge in [-0.05, 0) is 36.5 Å². The Bertz CT molecular complexity index is 746. The number of carbonyl (C=O) groups excluding carboxylic acids is 2. The van der Waals surface area contributed by atoms with Crippen LogP contribution in [-0.2, 0) is 9.59 Å². The molecule has 0 spiro atoms. The zero-order chi connectivity index (χ0) is 20.3. The molecule has 0 aromatic heterocycles. The highest BCUT2D eigenvalue weighted by atomic mass is 32.2. The quantitative estimate of drug-likeness (QED) is 0.584. The Morgan fingerprint density at radius 1 is 1.00 bits per heavy atom. The van der Waals surface area contributed by atoms with Gasteiger partial charge in [0.05, 0.1) is 17.1 Å². The molecule has 0 N–H and O–H groups in total. The molecule has 1 heterocycles. The van der Waals surface area contributed by atoms with E-state index in [0.29, 0.717) is 23.0 Å². The Morgan fingerprint density at radius 2 is 1.64 bits per heavy atom. The summed E-state index contributed by atoms with van der Waals surface area (Å²) in [5.41, 5.74) is 1.36. The van der Waals surface area contributed by atoms with Crippen LogP contribution in [0.4, 0.5) is 0 Å². The van der Waals surface area contributed by atoms with Gasteiger partial charge in [0.1, 0.15) is 5.75 Å². The molecule has 0 unspecified atom stereocenters. The summed E-state index contributed by atoms with van der Waals surface area (Å²) in [6.45, 7) is 8.98. The fourth-order valence-corrected chi connectivity index (χ4v) is 4.77. The largest absolute Gasteiger partial charge is 0.493 e. The summed E-state index contributed by atoms with van der Waals surface area (Å²) < 4.78 is 5.76. The van der Waals surface area contributed by atoms with Gasteiger partial charge in [0, 0.05) is 11.3 Å². The summed E-state index contributed by atoms with van der Waals surface area (Å²) in [5, 5.41) is 0.238. The van der Waals surface area contributed by atoms with Crippen molar-refractivity contribution in [1.29, 1.82) is 0 Å². The van der Waals surface area contributed by atoms with Gasteiger partial charge in [0.25, 0.3) is 11.8 Å². The van der Waals surface area contributed by atoms with Crippen LogP contribution in [0.25, 0.3) is 5.57 Å². The number of benzene rings is 1. The minimum Gasteiger partial charge on any atom is -0.493 e. The third kappa shape index (κ3) is 4.62. The standard InChI is InChI=1S/C23H31NO3S/c1-15(2)14-27-19-12-10-17(11-13-19)20-21(28-16(3)4)23(26)24(22(20)25)18-8-6-5-7-9-18/h10-13,15-16,18H,5-9,14H2,1-4H3. The van der Waals surface area contributed by atoms with E-state index in [1.165, 1.54) is 18.2 Å². The first-order chi connectivity index (χ1) is 13.4. The molecule has 0 radical (unpaired) electrons. The van der Waals surface area contributed by atoms with Gasteiger partial charge in [0.2, 0.25) is 0 Å². The highest BCUT2D eigenvalue weighted by Crippen LogP contribution is 2.40. The number of hydrogen-bond acceptors (Lipinski definition) is 4. The third-order valence-electron chi connectivity index (χ3n) is 5.09. The number of carbonyl (C=O) groups is 2. The molecule has 3 rings (SSSR count). The fraction of sp³-hybridized carbons (Fsp3) is 0.565. The molecule has 2 aliphatic rings. The zero-order valence-electron chi connectivity index (χ0n) is 17.4. The minimum absolute atomic E-state index is 0.0441. The number of rotatable bonds is 7. The smallest absolute Gasteiger partial charge is 0.268 e. The normalized spacial score (nSPS) is 18.7. The first-order valence-electron chi connectivity index (χ1n) is 10.4. The molecular formula is C23H31NO3S. The average molecular weight is 402 g/mol. The van der Waals surface area contributed by atoms with Crippen LogP contribution in [0.2, 0.25) is 0 Å². The Hall–Kier alpha value is -1.75. The second-order valence-corrected chi connectivity index (χ2v) is 9.96. The Kier molecular flexibility index (Phi) is 6.86. The van der Waals surface area contributed by atoms with Gasteiger partial charge in [-0.25, -0.2) is 0 Å². The van der Waals surface area contributed by atoms with Crippen LogP contribution in [0, 0.1) is 5.92 Å². The zero-order valence-corrected chi connectivity index (χ0v) is 18.2. The third-order valence-corrected chi connectivity index (χ3v) is 6.18. The molecule has 28 heavy (non-hydrogen) atoms. The maximum Gasteiger partial charge on any atom is 0.268 e. The SMILES string of the molecule is CC(C)COc1ccc(C2=C(SC(C)C)C(=O)N(C3CCCCC3)C2=O)cc1. The van der Waals surface area contributed by atoms with Crippen molar-refractivity contribution in [3.8, 4) is 5.75 Å². The highest BCUT2D eigenvalue weighted by Gasteiger charge is 2.43. The highest BCUT2D eigenvalue weighted by molar-refractivity contribution is 8.04. The Labute approximate surface area is 172 Å². The second kappa shape index (κ2) is 9.17. The molecule has 5 heteroatoms. The van der Waals surface area contributed by atoms with Gasteiger partial charge in [-0.15, -0.1) is 11.8 Å². The second-order valence-electron chi connectivity index (χ2n) is 8.37.